The minimum atomic E-state index is -2.59. The Kier molecular flexibility index (Phi) is 12.2. The lowest BCUT2D eigenvalue weighted by atomic mass is 9.88. The molecule has 0 aromatic heterocycles. The number of hydrogen-bond acceptors (Lipinski definition) is 10. The highest BCUT2D eigenvalue weighted by Crippen LogP contribution is 2.39. The van der Waals surface area contributed by atoms with Crippen LogP contribution in [0.1, 0.15) is 29.2 Å². The normalized spacial score (nSPS) is 21.4. The third-order valence-corrected chi connectivity index (χ3v) is 8.64. The topological polar surface area (TPSA) is 215 Å². The van der Waals surface area contributed by atoms with Gasteiger partial charge < -0.3 is 50.7 Å². The number of aliphatic hydroxyl groups is 4. The van der Waals surface area contributed by atoms with Crippen LogP contribution in [0.5, 0.6) is 5.75 Å². The number of hydrogen-bond donors (Lipinski definition) is 8. The lowest BCUT2D eigenvalue weighted by Crippen LogP contribution is -2.68. The van der Waals surface area contributed by atoms with Crippen molar-refractivity contribution in [2.24, 2.45) is 0 Å². The number of carbonyl (C=O) groups excluding carboxylic acids is 2. The van der Waals surface area contributed by atoms with E-state index < -0.39 is 79.7 Å². The number of ether oxygens (including phenoxy) is 2. The summed E-state index contributed by atoms with van der Waals surface area (Å²) in [6.45, 7) is -1.48. The lowest BCUT2D eigenvalue weighted by molar-refractivity contribution is -0.319. The molecule has 51 heavy (non-hydrogen) atoms. The molecule has 0 unspecified atom stereocenters. The van der Waals surface area contributed by atoms with Crippen LogP contribution in [-0.4, -0.2) is 97.8 Å². The van der Waals surface area contributed by atoms with Gasteiger partial charge >= 0.3 is 5.97 Å². The average Bonchev–Trinajstić information content (AvgIpc) is 3.14. The molecule has 0 spiro atoms. The average molecular weight is 701 g/mol. The number of aliphatic hydroxyl groups excluding tert-OH is 4. The molecule has 0 saturated carbocycles. The van der Waals surface area contributed by atoms with Gasteiger partial charge in [-0.1, -0.05) is 97.1 Å². The second kappa shape index (κ2) is 16.7. The van der Waals surface area contributed by atoms with Gasteiger partial charge in [-0.05, 0) is 39.9 Å². The molecule has 4 aromatic rings. The van der Waals surface area contributed by atoms with Gasteiger partial charge in [0.05, 0.1) is 24.7 Å². The highest BCUT2D eigenvalue weighted by molar-refractivity contribution is 5.79. The molecule has 1 aliphatic heterocycles. The van der Waals surface area contributed by atoms with Crippen molar-refractivity contribution in [2.75, 3.05) is 13.2 Å². The highest BCUT2D eigenvalue weighted by Gasteiger charge is 2.57. The zero-order chi connectivity index (χ0) is 36.5. The van der Waals surface area contributed by atoms with Crippen LogP contribution < -0.4 is 10.6 Å². The van der Waals surface area contributed by atoms with Crippen LogP contribution >= 0.6 is 0 Å². The molecule has 0 radical (unpaired) electrons. The van der Waals surface area contributed by atoms with Crippen LogP contribution in [-0.2, 0) is 30.3 Å². The van der Waals surface area contributed by atoms with Crippen LogP contribution in [0.2, 0.25) is 0 Å². The number of amides is 2. The van der Waals surface area contributed by atoms with Crippen LogP contribution in [0.4, 0.5) is 0 Å². The first kappa shape index (κ1) is 37.1. The molecule has 1 saturated heterocycles. The third kappa shape index (κ3) is 9.15. The summed E-state index contributed by atoms with van der Waals surface area (Å²) in [7, 11) is 0. The number of rotatable bonds is 14. The number of carboxylic acid groups (broad SMARTS) is 1. The van der Waals surface area contributed by atoms with Crippen molar-refractivity contribution in [1.82, 2.24) is 10.6 Å². The summed E-state index contributed by atoms with van der Waals surface area (Å²) in [5.41, 5.74) is 3.53. The number of carboxylic acids is 1. The van der Waals surface area contributed by atoms with Crippen LogP contribution in [0, 0.1) is 0 Å². The Bertz CT molecular complexity index is 1720. The molecular formula is C38H40N2O11. The summed E-state index contributed by atoms with van der Waals surface area (Å²) >= 11 is 0. The van der Waals surface area contributed by atoms with Crippen molar-refractivity contribution in [2.45, 2.75) is 55.2 Å². The van der Waals surface area contributed by atoms with Gasteiger partial charge in [0.2, 0.25) is 11.8 Å². The Balaban J connectivity index is 1.32. The lowest BCUT2D eigenvalue weighted by Gasteiger charge is -2.47. The molecule has 1 fully saturated rings. The van der Waals surface area contributed by atoms with Gasteiger partial charge in [0, 0.05) is 13.0 Å². The Morgan fingerprint density at radius 2 is 1.37 bits per heavy atom. The molecule has 2 amide bonds. The minimum absolute atomic E-state index is 0.0666. The first-order valence-electron chi connectivity index (χ1n) is 16.3. The zero-order valence-electron chi connectivity index (χ0n) is 27.4. The number of aliphatic carboxylic acids is 1. The van der Waals surface area contributed by atoms with Gasteiger partial charge in [-0.2, -0.15) is 0 Å². The molecule has 4 aromatic carbocycles. The van der Waals surface area contributed by atoms with E-state index in [1.54, 1.807) is 97.1 Å². The third-order valence-electron chi connectivity index (χ3n) is 8.64. The maximum Gasteiger partial charge on any atom is 0.364 e. The number of phenolic OH excluding ortho intramolecular Hbond substituents is 1. The number of nitrogens with one attached hydrogen (secondary N) is 2. The number of aromatic hydroxyl groups is 1. The number of carbonyl (C=O) groups is 3. The largest absolute Gasteiger partial charge is 0.508 e. The van der Waals surface area contributed by atoms with Crippen LogP contribution in [0.15, 0.2) is 109 Å². The Morgan fingerprint density at radius 3 is 1.90 bits per heavy atom. The molecule has 6 atom stereocenters. The summed E-state index contributed by atoms with van der Waals surface area (Å²) in [5, 5.41) is 67.9. The number of phenols is 1. The molecule has 1 heterocycles. The highest BCUT2D eigenvalue weighted by atomic mass is 16.7. The molecule has 0 bridgehead atoms. The molecular weight excluding hydrogens is 660 g/mol. The van der Waals surface area contributed by atoms with Gasteiger partial charge in [-0.3, -0.25) is 9.59 Å². The Labute approximate surface area is 293 Å². The SMILES string of the molecule is O=C(Cc1ccc(-c2ccc(O)cc2)cc1)NC[C@@H](O)[C@@H](O)[C@@H]1O[C@@](OC(c2ccccc2)c2ccccc2)(C(=O)O)C[C@H](O)[C@@H]1NC(=O)CO. The summed E-state index contributed by atoms with van der Waals surface area (Å²) in [5.74, 6) is -5.52. The van der Waals surface area contributed by atoms with E-state index in [9.17, 15) is 45.0 Å². The smallest absolute Gasteiger partial charge is 0.364 e. The van der Waals surface area contributed by atoms with Crippen LogP contribution in [0.3, 0.4) is 0 Å². The van der Waals surface area contributed by atoms with Crippen molar-refractivity contribution in [3.8, 4) is 16.9 Å². The first-order chi connectivity index (χ1) is 24.5. The fourth-order valence-electron chi connectivity index (χ4n) is 5.97. The summed E-state index contributed by atoms with van der Waals surface area (Å²) in [4.78, 5) is 38.0. The van der Waals surface area contributed by atoms with E-state index in [1.807, 2.05) is 12.1 Å². The van der Waals surface area contributed by atoms with Gasteiger partial charge in [0.25, 0.3) is 5.79 Å². The molecule has 8 N–H and O–H groups in total. The molecule has 13 heteroatoms. The van der Waals surface area contributed by atoms with Crippen molar-refractivity contribution in [3.63, 3.8) is 0 Å². The van der Waals surface area contributed by atoms with E-state index in [0.29, 0.717) is 16.7 Å². The number of benzene rings is 4. The van der Waals surface area contributed by atoms with Crippen molar-refractivity contribution in [3.05, 3.63) is 126 Å². The molecule has 1 aliphatic rings. The van der Waals surface area contributed by atoms with Crippen molar-refractivity contribution in [1.29, 1.82) is 0 Å². The summed E-state index contributed by atoms with van der Waals surface area (Å²) in [6, 6.07) is 29.7. The summed E-state index contributed by atoms with van der Waals surface area (Å²) < 4.78 is 12.2. The zero-order valence-corrected chi connectivity index (χ0v) is 27.4. The van der Waals surface area contributed by atoms with Gasteiger partial charge in [0.15, 0.2) is 0 Å². The maximum absolute atomic E-state index is 12.9. The Morgan fingerprint density at radius 1 is 0.824 bits per heavy atom. The quantitative estimate of drug-likeness (QED) is 0.0947. The molecule has 13 nitrogen and oxygen atoms in total. The predicted molar refractivity (Wildman–Crippen MR) is 183 cm³/mol. The monoisotopic (exact) mass is 700 g/mol. The fourth-order valence-corrected chi connectivity index (χ4v) is 5.97. The fraction of sp³-hybridized carbons (Fsp3) is 0.289. The van der Waals surface area contributed by atoms with E-state index in [2.05, 4.69) is 10.6 Å². The summed E-state index contributed by atoms with van der Waals surface area (Å²) in [6.07, 6.45) is -8.99. The van der Waals surface area contributed by atoms with Gasteiger partial charge in [-0.15, -0.1) is 0 Å². The first-order valence-corrected chi connectivity index (χ1v) is 16.3. The van der Waals surface area contributed by atoms with E-state index in [0.717, 1.165) is 11.1 Å². The van der Waals surface area contributed by atoms with E-state index in [-0.39, 0.29) is 12.2 Å². The minimum Gasteiger partial charge on any atom is -0.508 e. The van der Waals surface area contributed by atoms with E-state index in [1.165, 1.54) is 0 Å². The molecule has 5 rings (SSSR count). The van der Waals surface area contributed by atoms with Gasteiger partial charge in [-0.25, -0.2) is 4.79 Å². The predicted octanol–water partition coefficient (Wildman–Crippen LogP) is 1.65. The second-order valence-electron chi connectivity index (χ2n) is 12.3. The van der Waals surface area contributed by atoms with E-state index >= 15 is 0 Å². The van der Waals surface area contributed by atoms with Crippen molar-refractivity contribution < 1.29 is 54.5 Å². The van der Waals surface area contributed by atoms with Crippen LogP contribution in [0.25, 0.3) is 11.1 Å². The van der Waals surface area contributed by atoms with Crippen molar-refractivity contribution >= 4 is 17.8 Å². The second-order valence-corrected chi connectivity index (χ2v) is 12.3. The molecule has 268 valence electrons. The molecule has 0 aliphatic carbocycles. The Hall–Kier alpha value is -5.15. The standard InChI is InChI=1S/C38H40N2O11/c41-22-32(46)40-33-29(43)20-38(37(48)49,50-35(26-7-3-1-4-8-26)27-9-5-2-6-10-27)51-36(33)34(47)30(44)21-39-31(45)19-23-11-13-24(14-12-23)25-15-17-28(42)18-16-25/h1-18,29-30,33-36,41-44,47H,19-22H2,(H,39,45)(H,40,46)(H,48,49)/t29-,30+,33-,34+,36+,38+/m0/s1. The maximum atomic E-state index is 12.9. The van der Waals surface area contributed by atoms with E-state index in [4.69, 9.17) is 9.47 Å². The van der Waals surface area contributed by atoms with Gasteiger partial charge in [0.1, 0.15) is 30.7 Å².